The zero-order valence-corrected chi connectivity index (χ0v) is 28.3. The smallest absolute Gasteiger partial charge is 0.311 e. The van der Waals surface area contributed by atoms with Crippen molar-refractivity contribution in [2.75, 3.05) is 26.4 Å². The number of rotatable bonds is 26. The van der Waals surface area contributed by atoms with E-state index in [4.69, 9.17) is 18.9 Å². The lowest BCUT2D eigenvalue weighted by Gasteiger charge is -2.34. The highest BCUT2D eigenvalue weighted by Crippen LogP contribution is 2.40. The number of unbranched alkanes of at least 4 members (excludes halogenated alkanes) is 3. The molecule has 1 rings (SSSR count). The van der Waals surface area contributed by atoms with E-state index in [0.717, 1.165) is 50.4 Å². The lowest BCUT2D eigenvalue weighted by atomic mass is 9.87. The summed E-state index contributed by atoms with van der Waals surface area (Å²) in [6, 6.07) is 0. The highest BCUT2D eigenvalue weighted by molar-refractivity contribution is 5.75. The molecular weight excluding hydrogens is 518 g/mol. The molecule has 2 N–H and O–H groups in total. The van der Waals surface area contributed by atoms with Crippen molar-refractivity contribution >= 4 is 5.97 Å². The van der Waals surface area contributed by atoms with Crippen molar-refractivity contribution in [3.8, 4) is 0 Å². The average molecular weight is 586 g/mol. The third-order valence-corrected chi connectivity index (χ3v) is 8.60. The van der Waals surface area contributed by atoms with Gasteiger partial charge in [-0.1, -0.05) is 65.7 Å². The van der Waals surface area contributed by atoms with Crippen LogP contribution >= 0.6 is 0 Å². The molecule has 0 saturated heterocycles. The standard InChI is InChI=1S/C34H67NO6/c1-10-13-17-27(11-2)26-34(8,9)40-29(28-19-20-28)18-15-14-16-21-33(6,7)41-31(37)35-22-23-38-24-25-39-30(36)32(4,5)12-3/h27-29,31,35,37H,10-26H2,1-9H3. The van der Waals surface area contributed by atoms with Crippen molar-refractivity contribution < 1.29 is 28.8 Å². The summed E-state index contributed by atoms with van der Waals surface area (Å²) in [7, 11) is 0. The summed E-state index contributed by atoms with van der Waals surface area (Å²) >= 11 is 0. The minimum absolute atomic E-state index is 0.0512. The summed E-state index contributed by atoms with van der Waals surface area (Å²) in [5.41, 5.74) is -0.938. The van der Waals surface area contributed by atoms with Crippen LogP contribution in [0.1, 0.15) is 146 Å². The van der Waals surface area contributed by atoms with E-state index in [2.05, 4.69) is 33.0 Å². The van der Waals surface area contributed by atoms with E-state index >= 15 is 0 Å². The fourth-order valence-corrected chi connectivity index (χ4v) is 5.32. The monoisotopic (exact) mass is 585 g/mol. The molecule has 0 heterocycles. The number of nitrogens with one attached hydrogen (secondary N) is 1. The van der Waals surface area contributed by atoms with Gasteiger partial charge in [-0.3, -0.25) is 10.1 Å². The van der Waals surface area contributed by atoms with Crippen LogP contribution < -0.4 is 5.32 Å². The van der Waals surface area contributed by atoms with Crippen LogP contribution in [0.4, 0.5) is 0 Å². The van der Waals surface area contributed by atoms with Crippen molar-refractivity contribution in [2.45, 2.75) is 170 Å². The first-order chi connectivity index (χ1) is 19.2. The first-order valence-electron chi connectivity index (χ1n) is 16.8. The van der Waals surface area contributed by atoms with Crippen LogP contribution in [0.25, 0.3) is 0 Å². The number of esters is 1. The highest BCUT2D eigenvalue weighted by atomic mass is 16.6. The molecule has 1 aliphatic rings. The molecule has 7 heteroatoms. The summed E-state index contributed by atoms with van der Waals surface area (Å²) in [6.45, 7) is 20.4. The van der Waals surface area contributed by atoms with E-state index in [-0.39, 0.29) is 18.2 Å². The van der Waals surface area contributed by atoms with Crippen LogP contribution in [-0.4, -0.2) is 61.2 Å². The van der Waals surface area contributed by atoms with Crippen LogP contribution in [0.3, 0.4) is 0 Å². The first kappa shape index (κ1) is 38.3. The number of carbonyl (C=O) groups is 1. The molecule has 7 nitrogen and oxygen atoms in total. The van der Waals surface area contributed by atoms with Gasteiger partial charge in [0.25, 0.3) is 0 Å². The van der Waals surface area contributed by atoms with E-state index in [1.54, 1.807) is 0 Å². The SMILES string of the molecule is CCCCC(CC)CC(C)(C)OC(CCCCCC(C)(C)OC(O)NCCOCCOC(=O)C(C)(C)CC)C1CC1. The van der Waals surface area contributed by atoms with Gasteiger partial charge in [-0.15, -0.1) is 0 Å². The zero-order chi connectivity index (χ0) is 30.9. The molecule has 0 spiro atoms. The van der Waals surface area contributed by atoms with Gasteiger partial charge in [0.05, 0.1) is 35.9 Å². The van der Waals surface area contributed by atoms with Crippen LogP contribution in [0.5, 0.6) is 0 Å². The minimum Gasteiger partial charge on any atom is -0.463 e. The van der Waals surface area contributed by atoms with Gasteiger partial charge in [0.15, 0.2) is 0 Å². The summed E-state index contributed by atoms with van der Waals surface area (Å²) in [5.74, 6) is 1.31. The molecule has 0 aromatic rings. The van der Waals surface area contributed by atoms with Crippen molar-refractivity contribution in [1.82, 2.24) is 5.32 Å². The predicted molar refractivity (Wildman–Crippen MR) is 168 cm³/mol. The van der Waals surface area contributed by atoms with Gasteiger partial charge < -0.3 is 24.1 Å². The van der Waals surface area contributed by atoms with E-state index in [1.165, 1.54) is 44.9 Å². The molecule has 0 aromatic heterocycles. The molecule has 0 bridgehead atoms. The number of ether oxygens (including phenoxy) is 4. The number of hydrogen-bond acceptors (Lipinski definition) is 7. The average Bonchev–Trinajstić information content (AvgIpc) is 3.74. The second-order valence-corrected chi connectivity index (χ2v) is 14.1. The molecular formula is C34H67NO6. The molecule has 0 aromatic carbocycles. The van der Waals surface area contributed by atoms with Gasteiger partial charge in [0, 0.05) is 6.54 Å². The molecule has 1 aliphatic carbocycles. The Kier molecular flexibility index (Phi) is 18.2. The van der Waals surface area contributed by atoms with Crippen LogP contribution in [0.15, 0.2) is 0 Å². The maximum Gasteiger partial charge on any atom is 0.311 e. The molecule has 0 aliphatic heterocycles. The van der Waals surface area contributed by atoms with Crippen molar-refractivity contribution in [3.63, 3.8) is 0 Å². The Morgan fingerprint density at radius 1 is 0.878 bits per heavy atom. The number of hydrogen-bond donors (Lipinski definition) is 2. The fraction of sp³-hybridized carbons (Fsp3) is 0.971. The van der Waals surface area contributed by atoms with Crippen LogP contribution in [-0.2, 0) is 23.7 Å². The fourth-order valence-electron chi connectivity index (χ4n) is 5.32. The second kappa shape index (κ2) is 19.5. The normalized spacial score (nSPS) is 16.9. The maximum atomic E-state index is 11.9. The highest BCUT2D eigenvalue weighted by Gasteiger charge is 2.36. The second-order valence-electron chi connectivity index (χ2n) is 14.1. The first-order valence-corrected chi connectivity index (χ1v) is 16.8. The van der Waals surface area contributed by atoms with Crippen molar-refractivity contribution in [1.29, 1.82) is 0 Å². The Hall–Kier alpha value is -0.730. The lowest BCUT2D eigenvalue weighted by Crippen LogP contribution is -2.41. The lowest BCUT2D eigenvalue weighted by molar-refractivity contribution is -0.191. The van der Waals surface area contributed by atoms with E-state index < -0.39 is 17.4 Å². The minimum atomic E-state index is -1.05. The number of carbonyl (C=O) groups excluding carboxylic acids is 1. The largest absolute Gasteiger partial charge is 0.463 e. The number of aliphatic hydroxyl groups excluding tert-OH is 1. The van der Waals surface area contributed by atoms with Crippen LogP contribution in [0, 0.1) is 17.3 Å². The Balaban J connectivity index is 2.22. The molecule has 244 valence electrons. The zero-order valence-electron chi connectivity index (χ0n) is 28.3. The topological polar surface area (TPSA) is 86.2 Å². The molecule has 3 atom stereocenters. The van der Waals surface area contributed by atoms with Crippen LogP contribution in [0.2, 0.25) is 0 Å². The van der Waals surface area contributed by atoms with Gasteiger partial charge in [-0.2, -0.15) is 0 Å². The van der Waals surface area contributed by atoms with Gasteiger partial charge in [-0.25, -0.2) is 0 Å². The molecule has 0 radical (unpaired) electrons. The summed E-state index contributed by atoms with van der Waals surface area (Å²) in [6.07, 6.45) is 14.4. The quantitative estimate of drug-likeness (QED) is 0.0609. The van der Waals surface area contributed by atoms with Gasteiger partial charge in [0.1, 0.15) is 6.61 Å². The molecule has 1 saturated carbocycles. The number of aliphatic hydroxyl groups is 1. The van der Waals surface area contributed by atoms with E-state index in [0.29, 0.717) is 25.9 Å². The third-order valence-electron chi connectivity index (χ3n) is 8.60. The Morgan fingerprint density at radius 3 is 2.20 bits per heavy atom. The molecule has 1 fully saturated rings. The summed E-state index contributed by atoms with van der Waals surface area (Å²) < 4.78 is 23.4. The van der Waals surface area contributed by atoms with E-state index in [9.17, 15) is 9.90 Å². The molecule has 41 heavy (non-hydrogen) atoms. The van der Waals surface area contributed by atoms with E-state index in [1.807, 2.05) is 34.6 Å². The van der Waals surface area contributed by atoms with Crippen molar-refractivity contribution in [3.05, 3.63) is 0 Å². The maximum absolute atomic E-state index is 11.9. The summed E-state index contributed by atoms with van der Waals surface area (Å²) in [4.78, 5) is 11.9. The summed E-state index contributed by atoms with van der Waals surface area (Å²) in [5, 5.41) is 13.2. The predicted octanol–water partition coefficient (Wildman–Crippen LogP) is 7.77. The van der Waals surface area contributed by atoms with Crippen molar-refractivity contribution in [2.24, 2.45) is 17.3 Å². The van der Waals surface area contributed by atoms with Gasteiger partial charge >= 0.3 is 5.97 Å². The Bertz CT molecular complexity index is 691. The molecule has 0 amide bonds. The van der Waals surface area contributed by atoms with Gasteiger partial charge in [-0.05, 0) is 91.9 Å². The van der Waals surface area contributed by atoms with Gasteiger partial charge in [0.2, 0.25) is 6.41 Å². The Labute approximate surface area is 253 Å². The third kappa shape index (κ3) is 17.9. The Morgan fingerprint density at radius 2 is 1.59 bits per heavy atom. The molecule has 3 unspecified atom stereocenters.